The normalized spacial score (nSPS) is 10.6. The number of esters is 1. The molecule has 0 N–H and O–H groups in total. The molecule has 2 aromatic carbocycles. The Balaban J connectivity index is 2.51. The number of carbonyl (C=O) groups excluding carboxylic acids is 1. The summed E-state index contributed by atoms with van der Waals surface area (Å²) in [5.41, 5.74) is 0.832. The van der Waals surface area contributed by atoms with Crippen molar-refractivity contribution in [2.45, 2.75) is 5.54 Å². The van der Waals surface area contributed by atoms with E-state index in [0.717, 1.165) is 11.1 Å². The van der Waals surface area contributed by atoms with E-state index < -0.39 is 11.5 Å². The van der Waals surface area contributed by atoms with Gasteiger partial charge in [0.2, 0.25) is 0 Å². The van der Waals surface area contributed by atoms with Gasteiger partial charge in [-0.1, -0.05) is 60.1 Å². The molecule has 0 amide bonds. The molecule has 2 rings (SSSR count). The first kappa shape index (κ1) is 19.1. The molecule has 3 nitrogen and oxygen atoms in total. The summed E-state index contributed by atoms with van der Waals surface area (Å²) in [5.74, 6) is 12.3. The molecule has 26 heavy (non-hydrogen) atoms. The number of hydrogen-bond donors (Lipinski definition) is 0. The van der Waals surface area contributed by atoms with Crippen molar-refractivity contribution < 1.29 is 9.53 Å². The molecule has 0 radical (unpaired) electrons. The van der Waals surface area contributed by atoms with Gasteiger partial charge in [-0.15, -0.1) is 0 Å². The summed E-state index contributed by atoms with van der Waals surface area (Å²) >= 11 is 0. The van der Waals surface area contributed by atoms with Crippen molar-refractivity contribution in [2.75, 3.05) is 21.2 Å². The van der Waals surface area contributed by atoms with Gasteiger partial charge in [0.1, 0.15) is 0 Å². The third-order valence-electron chi connectivity index (χ3n) is 3.71. The smallest absolute Gasteiger partial charge is 0.330 e. The van der Waals surface area contributed by atoms with Crippen LogP contribution in [0.1, 0.15) is 11.1 Å². The molecule has 0 aliphatic heterocycles. The topological polar surface area (TPSA) is 29.5 Å². The number of hydrogen-bond acceptors (Lipinski definition) is 3. The van der Waals surface area contributed by atoms with Crippen molar-refractivity contribution in [3.63, 3.8) is 0 Å². The number of methoxy groups -OCH3 is 1. The molecule has 0 atom stereocenters. The summed E-state index contributed by atoms with van der Waals surface area (Å²) < 4.78 is 4.71. The first-order valence-electron chi connectivity index (χ1n) is 8.17. The van der Waals surface area contributed by atoms with Crippen LogP contribution >= 0.6 is 0 Å². The van der Waals surface area contributed by atoms with E-state index >= 15 is 0 Å². The lowest BCUT2D eigenvalue weighted by Crippen LogP contribution is -2.40. The zero-order valence-corrected chi connectivity index (χ0v) is 15.2. The molecule has 0 spiro atoms. The predicted molar refractivity (Wildman–Crippen MR) is 104 cm³/mol. The zero-order chi connectivity index (χ0) is 18.8. The van der Waals surface area contributed by atoms with E-state index in [1.54, 1.807) is 6.08 Å². The van der Waals surface area contributed by atoms with E-state index in [0.29, 0.717) is 0 Å². The van der Waals surface area contributed by atoms with E-state index in [4.69, 9.17) is 4.74 Å². The second-order valence-corrected chi connectivity index (χ2v) is 5.75. The molecule has 0 unspecified atom stereocenters. The van der Waals surface area contributed by atoms with E-state index in [1.165, 1.54) is 13.2 Å². The highest BCUT2D eigenvalue weighted by Gasteiger charge is 2.25. The number of nitrogens with zero attached hydrogens (tertiary/aromatic N) is 1. The molecule has 0 heterocycles. The summed E-state index contributed by atoms with van der Waals surface area (Å²) in [6, 6.07) is 19.3. The van der Waals surface area contributed by atoms with Gasteiger partial charge in [0.05, 0.1) is 7.11 Å². The Morgan fingerprint density at radius 3 is 1.77 bits per heavy atom. The average Bonchev–Trinajstić information content (AvgIpc) is 2.68. The lowest BCUT2D eigenvalue weighted by Gasteiger charge is -2.26. The fourth-order valence-electron chi connectivity index (χ4n) is 2.12. The van der Waals surface area contributed by atoms with Crippen molar-refractivity contribution in [2.24, 2.45) is 0 Å². The molecule has 0 aliphatic rings. The number of ether oxygens (including phenoxy) is 1. The van der Waals surface area contributed by atoms with Crippen molar-refractivity contribution in [3.05, 3.63) is 83.9 Å². The number of rotatable bonds is 3. The molecule has 0 bridgehead atoms. The third-order valence-corrected chi connectivity index (χ3v) is 3.71. The summed E-state index contributed by atoms with van der Waals surface area (Å²) in [7, 11) is 5.09. The van der Waals surface area contributed by atoms with Gasteiger partial charge in [0.25, 0.3) is 0 Å². The molecule has 0 fully saturated rings. The van der Waals surface area contributed by atoms with Crippen molar-refractivity contribution in [3.8, 4) is 23.7 Å². The summed E-state index contributed by atoms with van der Waals surface area (Å²) in [6.45, 7) is 0. The van der Waals surface area contributed by atoms with Crippen molar-refractivity contribution in [1.29, 1.82) is 0 Å². The van der Waals surface area contributed by atoms with Crippen LogP contribution in [0.15, 0.2) is 72.8 Å². The predicted octanol–water partition coefficient (Wildman–Crippen LogP) is 3.12. The van der Waals surface area contributed by atoms with E-state index in [9.17, 15) is 4.79 Å². The highest BCUT2D eigenvalue weighted by Crippen LogP contribution is 2.14. The molecular formula is C23H21NO2. The Morgan fingerprint density at radius 1 is 0.923 bits per heavy atom. The maximum Gasteiger partial charge on any atom is 0.330 e. The van der Waals surface area contributed by atoms with Crippen LogP contribution in [-0.2, 0) is 9.53 Å². The second-order valence-electron chi connectivity index (χ2n) is 5.75. The molecule has 130 valence electrons. The maximum atomic E-state index is 11.6. The number of likely N-dealkylation sites (N-methyl/N-ethyl adjacent to an activating group) is 1. The largest absolute Gasteiger partial charge is 0.466 e. The number of carbonyl (C=O) groups is 1. The van der Waals surface area contributed by atoms with Crippen molar-refractivity contribution >= 4 is 5.97 Å². The Bertz CT molecular complexity index is 818. The van der Waals surface area contributed by atoms with Gasteiger partial charge >= 0.3 is 5.97 Å². The summed E-state index contributed by atoms with van der Waals surface area (Å²) in [4.78, 5) is 13.5. The summed E-state index contributed by atoms with van der Waals surface area (Å²) in [6.07, 6.45) is 3.03. The highest BCUT2D eigenvalue weighted by molar-refractivity contribution is 5.82. The quantitative estimate of drug-likeness (QED) is 0.487. The van der Waals surface area contributed by atoms with Crippen LogP contribution in [0.25, 0.3) is 0 Å². The van der Waals surface area contributed by atoms with Gasteiger partial charge in [-0.2, -0.15) is 0 Å². The lowest BCUT2D eigenvalue weighted by atomic mass is 9.97. The van der Waals surface area contributed by atoms with Crippen LogP contribution in [0.3, 0.4) is 0 Å². The van der Waals surface area contributed by atoms with Crippen LogP contribution in [0, 0.1) is 23.7 Å². The van der Waals surface area contributed by atoms with Gasteiger partial charge in [0.15, 0.2) is 5.54 Å². The third kappa shape index (κ3) is 5.38. The minimum Gasteiger partial charge on any atom is -0.466 e. The Hall–Kier alpha value is -3.27. The van der Waals surface area contributed by atoms with Crippen LogP contribution < -0.4 is 0 Å². The summed E-state index contributed by atoms with van der Waals surface area (Å²) in [5, 5.41) is 0. The average molecular weight is 343 g/mol. The standard InChI is InChI=1S/C23H21NO2/c1-24(2)23(19-16-22(25)26-3,17-14-20-10-6-4-7-11-20)18-15-21-12-8-5-9-13-21/h4-13,16,19H,1-3H3/b19-16+. The van der Waals surface area contributed by atoms with Gasteiger partial charge in [0, 0.05) is 17.2 Å². The second kappa shape index (κ2) is 9.28. The first-order valence-corrected chi connectivity index (χ1v) is 8.17. The fourth-order valence-corrected chi connectivity index (χ4v) is 2.12. The van der Waals surface area contributed by atoms with Gasteiger partial charge in [-0.05, 0) is 44.4 Å². The maximum absolute atomic E-state index is 11.6. The molecule has 0 saturated carbocycles. The Labute approximate surface area is 155 Å². The number of benzene rings is 2. The molecular weight excluding hydrogens is 322 g/mol. The lowest BCUT2D eigenvalue weighted by molar-refractivity contribution is -0.134. The van der Waals surface area contributed by atoms with Crippen LogP contribution in [0.4, 0.5) is 0 Å². The molecule has 2 aromatic rings. The van der Waals surface area contributed by atoms with Gasteiger partial charge in [-0.25, -0.2) is 4.79 Å². The van der Waals surface area contributed by atoms with Crippen molar-refractivity contribution in [1.82, 2.24) is 4.90 Å². The minimum absolute atomic E-state index is 0.445. The van der Waals surface area contributed by atoms with Crippen LogP contribution in [-0.4, -0.2) is 37.6 Å². The monoisotopic (exact) mass is 343 g/mol. The Morgan fingerprint density at radius 2 is 1.38 bits per heavy atom. The zero-order valence-electron chi connectivity index (χ0n) is 15.2. The van der Waals surface area contributed by atoms with Crippen LogP contribution in [0.2, 0.25) is 0 Å². The Kier molecular flexibility index (Phi) is 6.80. The molecule has 0 aromatic heterocycles. The van der Waals surface area contributed by atoms with Crippen LogP contribution in [0.5, 0.6) is 0 Å². The highest BCUT2D eigenvalue weighted by atomic mass is 16.5. The minimum atomic E-state index is -0.931. The SMILES string of the molecule is COC(=O)/C=C/C(C#Cc1ccccc1)(C#Cc1ccccc1)N(C)C. The van der Waals surface area contributed by atoms with E-state index in [1.807, 2.05) is 79.7 Å². The van der Waals surface area contributed by atoms with E-state index in [2.05, 4.69) is 23.7 Å². The van der Waals surface area contributed by atoms with E-state index in [-0.39, 0.29) is 0 Å². The van der Waals surface area contributed by atoms with Gasteiger partial charge in [-0.3, -0.25) is 4.90 Å². The fraction of sp³-hybridized carbons (Fsp3) is 0.174. The molecule has 0 aliphatic carbocycles. The first-order chi connectivity index (χ1) is 12.6. The molecule has 3 heteroatoms. The van der Waals surface area contributed by atoms with Gasteiger partial charge < -0.3 is 4.74 Å². The molecule has 0 saturated heterocycles.